The van der Waals surface area contributed by atoms with E-state index in [1.165, 1.54) is 17.8 Å². The van der Waals surface area contributed by atoms with E-state index in [0.29, 0.717) is 0 Å². The number of carboxylic acid groups (broad SMARTS) is 1. The van der Waals surface area contributed by atoms with Gasteiger partial charge in [0.05, 0.1) is 23.5 Å². The molecule has 0 aliphatic carbocycles. The van der Waals surface area contributed by atoms with E-state index in [1.807, 2.05) is 36.4 Å². The summed E-state index contributed by atoms with van der Waals surface area (Å²) in [6.07, 6.45) is 2.84. The molecular weight excluding hydrogens is 417 g/mol. The van der Waals surface area contributed by atoms with E-state index >= 15 is 0 Å². The third-order valence-corrected chi connectivity index (χ3v) is 6.58. The highest BCUT2D eigenvalue weighted by atomic mass is 19.1. The van der Waals surface area contributed by atoms with Gasteiger partial charge < -0.3 is 15.7 Å². The quantitative estimate of drug-likeness (QED) is 0.459. The normalized spacial score (nSPS) is 17.0. The Morgan fingerprint density at radius 3 is 2.76 bits per heavy atom. The number of nitrogens with one attached hydrogen (secondary N) is 2. The van der Waals surface area contributed by atoms with E-state index in [9.17, 15) is 14.3 Å². The standard InChI is InChI=1S/C27H30FN3O2/c1-17-8-9-21(18(2)27(32)33)12-20(17)10-11-29-26(19-6-4-3-5-7-19)22-13-24-25(30-15-22)14-23(28)16-31-24/h3-9,12,14,16,18,22,26,29-30H,10-11,13,15H2,1-2H3,(H,32,33)/t18?,22-,26-/m1/s1. The van der Waals surface area contributed by atoms with Crippen LogP contribution in [0.25, 0.3) is 0 Å². The molecule has 4 rings (SSSR count). The second-order valence-electron chi connectivity index (χ2n) is 8.83. The first-order valence-electron chi connectivity index (χ1n) is 11.4. The molecule has 3 aromatic rings. The van der Waals surface area contributed by atoms with E-state index in [0.717, 1.165) is 54.0 Å². The van der Waals surface area contributed by atoms with Crippen molar-refractivity contribution in [3.63, 3.8) is 0 Å². The number of benzene rings is 2. The minimum atomic E-state index is -0.814. The number of pyridine rings is 1. The van der Waals surface area contributed by atoms with E-state index in [1.54, 1.807) is 6.92 Å². The lowest BCUT2D eigenvalue weighted by atomic mass is 9.86. The van der Waals surface area contributed by atoms with Gasteiger partial charge in [-0.15, -0.1) is 0 Å². The molecule has 0 spiro atoms. The molecule has 1 aromatic heterocycles. The van der Waals surface area contributed by atoms with Gasteiger partial charge >= 0.3 is 5.97 Å². The Hall–Kier alpha value is -3.25. The summed E-state index contributed by atoms with van der Waals surface area (Å²) in [5, 5.41) is 16.4. The third-order valence-electron chi connectivity index (χ3n) is 6.58. The highest BCUT2D eigenvalue weighted by Crippen LogP contribution is 2.31. The summed E-state index contributed by atoms with van der Waals surface area (Å²) in [5.41, 5.74) is 6.02. The second-order valence-corrected chi connectivity index (χ2v) is 8.83. The number of aliphatic carboxylic acids is 1. The van der Waals surface area contributed by atoms with Crippen LogP contribution in [0.15, 0.2) is 60.8 Å². The summed E-state index contributed by atoms with van der Waals surface area (Å²) in [5.74, 6) is -1.41. The molecule has 0 fully saturated rings. The summed E-state index contributed by atoms with van der Waals surface area (Å²) in [4.78, 5) is 15.7. The van der Waals surface area contributed by atoms with Crippen molar-refractivity contribution in [2.75, 3.05) is 18.4 Å². The first-order valence-corrected chi connectivity index (χ1v) is 11.4. The average molecular weight is 448 g/mol. The van der Waals surface area contributed by atoms with Gasteiger partial charge in [-0.2, -0.15) is 0 Å². The van der Waals surface area contributed by atoms with Gasteiger partial charge in [-0.3, -0.25) is 9.78 Å². The first kappa shape index (κ1) is 22.9. The van der Waals surface area contributed by atoms with Crippen molar-refractivity contribution in [1.82, 2.24) is 10.3 Å². The van der Waals surface area contributed by atoms with Crippen LogP contribution >= 0.6 is 0 Å². The van der Waals surface area contributed by atoms with Crippen LogP contribution in [0, 0.1) is 18.7 Å². The van der Waals surface area contributed by atoms with Gasteiger partial charge in [0, 0.05) is 24.6 Å². The summed E-state index contributed by atoms with van der Waals surface area (Å²) in [6.45, 7) is 5.27. The van der Waals surface area contributed by atoms with Gasteiger partial charge in [0.1, 0.15) is 5.82 Å². The topological polar surface area (TPSA) is 74.2 Å². The average Bonchev–Trinajstić information content (AvgIpc) is 2.82. The lowest BCUT2D eigenvalue weighted by Gasteiger charge is -2.33. The van der Waals surface area contributed by atoms with E-state index in [-0.39, 0.29) is 17.8 Å². The SMILES string of the molecule is Cc1ccc(C(C)C(=O)O)cc1CCN[C@H](c1ccccc1)[C@H]1CNc2cc(F)cnc2C1. The molecule has 5 nitrogen and oxygen atoms in total. The van der Waals surface area contributed by atoms with Crippen LogP contribution in [-0.2, 0) is 17.6 Å². The number of rotatable bonds is 8. The fraction of sp³-hybridized carbons (Fsp3) is 0.333. The number of anilines is 1. The molecule has 1 aliphatic rings. The van der Waals surface area contributed by atoms with Crippen molar-refractivity contribution in [3.8, 4) is 0 Å². The molecule has 1 aliphatic heterocycles. The van der Waals surface area contributed by atoms with Gasteiger partial charge in [0.15, 0.2) is 0 Å². The predicted octanol–water partition coefficient (Wildman–Crippen LogP) is 4.88. The third kappa shape index (κ3) is 5.40. The number of aryl methyl sites for hydroxylation is 1. The van der Waals surface area contributed by atoms with Crippen molar-refractivity contribution in [2.45, 2.75) is 38.6 Å². The van der Waals surface area contributed by atoms with Gasteiger partial charge in [0.2, 0.25) is 0 Å². The largest absolute Gasteiger partial charge is 0.481 e. The summed E-state index contributed by atoms with van der Waals surface area (Å²) in [6, 6.07) is 17.9. The molecule has 0 bridgehead atoms. The van der Waals surface area contributed by atoms with Gasteiger partial charge in [0.25, 0.3) is 0 Å². The zero-order valence-corrected chi connectivity index (χ0v) is 19.0. The Balaban J connectivity index is 1.49. The number of carboxylic acids is 1. The number of hydrogen-bond acceptors (Lipinski definition) is 4. The molecule has 2 aromatic carbocycles. The van der Waals surface area contributed by atoms with Crippen molar-refractivity contribution >= 4 is 11.7 Å². The predicted molar refractivity (Wildman–Crippen MR) is 128 cm³/mol. The number of halogens is 1. The molecule has 172 valence electrons. The highest BCUT2D eigenvalue weighted by molar-refractivity contribution is 5.75. The first-order chi connectivity index (χ1) is 15.9. The zero-order chi connectivity index (χ0) is 23.4. The van der Waals surface area contributed by atoms with Crippen molar-refractivity contribution < 1.29 is 14.3 Å². The van der Waals surface area contributed by atoms with Crippen LogP contribution < -0.4 is 10.6 Å². The summed E-state index contributed by atoms with van der Waals surface area (Å²) >= 11 is 0. The van der Waals surface area contributed by atoms with Crippen molar-refractivity contribution in [1.29, 1.82) is 0 Å². The van der Waals surface area contributed by atoms with Gasteiger partial charge in [-0.05, 0) is 55.5 Å². The smallest absolute Gasteiger partial charge is 0.310 e. The number of fused-ring (bicyclic) bond motifs is 1. The minimum absolute atomic E-state index is 0.111. The lowest BCUT2D eigenvalue weighted by Crippen LogP contribution is -2.37. The van der Waals surface area contributed by atoms with Crippen LogP contribution in [0.1, 0.15) is 46.8 Å². The second kappa shape index (κ2) is 10.1. The Morgan fingerprint density at radius 2 is 2.00 bits per heavy atom. The molecule has 0 saturated heterocycles. The maximum Gasteiger partial charge on any atom is 0.310 e. The monoisotopic (exact) mass is 447 g/mol. The number of carbonyl (C=O) groups is 1. The Morgan fingerprint density at radius 1 is 1.21 bits per heavy atom. The summed E-state index contributed by atoms with van der Waals surface area (Å²) in [7, 11) is 0. The molecule has 3 N–H and O–H groups in total. The number of aromatic nitrogens is 1. The Bertz CT molecular complexity index is 1120. The molecule has 3 atom stereocenters. The van der Waals surface area contributed by atoms with Crippen molar-refractivity contribution in [3.05, 3.63) is 94.6 Å². The van der Waals surface area contributed by atoms with Gasteiger partial charge in [-0.1, -0.05) is 48.5 Å². The molecule has 33 heavy (non-hydrogen) atoms. The van der Waals surface area contributed by atoms with Crippen LogP contribution in [0.5, 0.6) is 0 Å². The van der Waals surface area contributed by atoms with Crippen LogP contribution in [0.3, 0.4) is 0 Å². The Kier molecular flexibility index (Phi) is 7.04. The number of hydrogen-bond donors (Lipinski definition) is 3. The molecule has 1 unspecified atom stereocenters. The zero-order valence-electron chi connectivity index (χ0n) is 19.0. The minimum Gasteiger partial charge on any atom is -0.481 e. The maximum atomic E-state index is 13.6. The fourth-order valence-corrected chi connectivity index (χ4v) is 4.53. The van der Waals surface area contributed by atoms with Gasteiger partial charge in [-0.25, -0.2) is 4.39 Å². The molecule has 6 heteroatoms. The summed E-state index contributed by atoms with van der Waals surface area (Å²) < 4.78 is 13.6. The number of nitrogens with zero attached hydrogens (tertiary/aromatic N) is 1. The van der Waals surface area contributed by atoms with E-state index in [4.69, 9.17) is 0 Å². The molecular formula is C27H30FN3O2. The fourth-order valence-electron chi connectivity index (χ4n) is 4.53. The maximum absolute atomic E-state index is 13.6. The molecule has 0 amide bonds. The van der Waals surface area contributed by atoms with Crippen LogP contribution in [-0.4, -0.2) is 29.1 Å². The Labute approximate surface area is 194 Å². The molecule has 0 radical (unpaired) electrons. The van der Waals surface area contributed by atoms with Crippen LogP contribution in [0.4, 0.5) is 10.1 Å². The highest BCUT2D eigenvalue weighted by Gasteiger charge is 2.28. The van der Waals surface area contributed by atoms with E-state index in [2.05, 4.69) is 34.7 Å². The van der Waals surface area contributed by atoms with Crippen LogP contribution in [0.2, 0.25) is 0 Å². The lowest BCUT2D eigenvalue weighted by molar-refractivity contribution is -0.138. The van der Waals surface area contributed by atoms with Crippen molar-refractivity contribution in [2.24, 2.45) is 5.92 Å². The molecule has 2 heterocycles. The van der Waals surface area contributed by atoms with E-state index < -0.39 is 11.9 Å². The molecule has 0 saturated carbocycles.